The smallest absolute Gasteiger partial charge is 0.340 e. The lowest BCUT2D eigenvalue weighted by molar-refractivity contribution is -0.139. The molecular formula is C18H22F3NO. The van der Waals surface area contributed by atoms with E-state index < -0.39 is 11.7 Å². The first-order valence-electron chi connectivity index (χ1n) is 8.40. The molecule has 1 aromatic rings. The lowest BCUT2D eigenvalue weighted by atomic mass is 10.0. The molecule has 1 amide bonds. The van der Waals surface area contributed by atoms with Crippen molar-refractivity contribution >= 4 is 5.91 Å². The standard InChI is InChI=1S/C18H22F3NO/c1-2-22(12-7-3-4-8-12)17(23)15-11-14(15)13-9-5-6-10-16(13)18(19,20)21/h5-6,9-10,12,14-15H,2-4,7-8,11H2,1H3/t14-,15+/m1/s1. The summed E-state index contributed by atoms with van der Waals surface area (Å²) in [5.41, 5.74) is -0.315. The number of carbonyl (C=O) groups is 1. The largest absolute Gasteiger partial charge is 0.416 e. The van der Waals surface area contributed by atoms with Crippen LogP contribution < -0.4 is 0 Å². The highest BCUT2D eigenvalue weighted by molar-refractivity contribution is 5.83. The first-order valence-corrected chi connectivity index (χ1v) is 8.40. The summed E-state index contributed by atoms with van der Waals surface area (Å²) in [7, 11) is 0. The van der Waals surface area contributed by atoms with Gasteiger partial charge in [0.1, 0.15) is 0 Å². The Morgan fingerprint density at radius 2 is 1.87 bits per heavy atom. The molecule has 1 aromatic carbocycles. The molecule has 0 N–H and O–H groups in total. The minimum Gasteiger partial charge on any atom is -0.340 e. The van der Waals surface area contributed by atoms with Crippen LogP contribution in [0.1, 0.15) is 56.1 Å². The van der Waals surface area contributed by atoms with Gasteiger partial charge >= 0.3 is 6.18 Å². The number of carbonyl (C=O) groups excluding carboxylic acids is 1. The number of amides is 1. The van der Waals surface area contributed by atoms with Crippen LogP contribution in [0.4, 0.5) is 13.2 Å². The second-order valence-corrected chi connectivity index (χ2v) is 6.60. The number of alkyl halides is 3. The molecular weight excluding hydrogens is 303 g/mol. The summed E-state index contributed by atoms with van der Waals surface area (Å²) < 4.78 is 39.4. The third-order valence-corrected chi connectivity index (χ3v) is 5.16. The topological polar surface area (TPSA) is 20.3 Å². The molecule has 3 rings (SSSR count). The molecule has 2 saturated carbocycles. The number of halogens is 3. The highest BCUT2D eigenvalue weighted by Crippen LogP contribution is 2.52. The number of hydrogen-bond acceptors (Lipinski definition) is 1. The minimum atomic E-state index is -4.36. The molecule has 2 aliphatic rings. The van der Waals surface area contributed by atoms with E-state index in [9.17, 15) is 18.0 Å². The Hall–Kier alpha value is -1.52. The first-order chi connectivity index (χ1) is 10.9. The third kappa shape index (κ3) is 3.24. The van der Waals surface area contributed by atoms with Crippen molar-refractivity contribution in [2.75, 3.05) is 6.54 Å². The summed E-state index contributed by atoms with van der Waals surface area (Å²) >= 11 is 0. The Bertz CT molecular complexity index is 578. The fourth-order valence-electron chi connectivity index (χ4n) is 3.91. The molecule has 0 heterocycles. The van der Waals surface area contributed by atoms with Gasteiger partial charge in [-0.2, -0.15) is 13.2 Å². The van der Waals surface area contributed by atoms with E-state index in [4.69, 9.17) is 0 Å². The zero-order chi connectivity index (χ0) is 16.6. The maximum Gasteiger partial charge on any atom is 0.416 e. The zero-order valence-corrected chi connectivity index (χ0v) is 13.3. The van der Waals surface area contributed by atoms with Crippen LogP contribution in [0.25, 0.3) is 0 Å². The Balaban J connectivity index is 1.75. The zero-order valence-electron chi connectivity index (χ0n) is 13.3. The van der Waals surface area contributed by atoms with E-state index >= 15 is 0 Å². The molecule has 0 radical (unpaired) electrons. The van der Waals surface area contributed by atoms with Crippen molar-refractivity contribution in [3.8, 4) is 0 Å². The summed E-state index contributed by atoms with van der Waals surface area (Å²) in [6.45, 7) is 2.60. The van der Waals surface area contributed by atoms with Crippen molar-refractivity contribution in [2.24, 2.45) is 5.92 Å². The van der Waals surface area contributed by atoms with Gasteiger partial charge in [0.05, 0.1) is 5.56 Å². The molecule has 2 aliphatic carbocycles. The number of benzene rings is 1. The fourth-order valence-corrected chi connectivity index (χ4v) is 3.91. The summed E-state index contributed by atoms with van der Waals surface area (Å²) in [4.78, 5) is 14.6. The maximum absolute atomic E-state index is 13.1. The normalized spacial score (nSPS) is 24.7. The second kappa shape index (κ2) is 6.17. The van der Waals surface area contributed by atoms with Gasteiger partial charge in [-0.25, -0.2) is 0 Å². The van der Waals surface area contributed by atoms with Crippen LogP contribution in [-0.2, 0) is 11.0 Å². The van der Waals surface area contributed by atoms with E-state index in [1.807, 2.05) is 11.8 Å². The van der Waals surface area contributed by atoms with E-state index in [0.29, 0.717) is 13.0 Å². The first kappa shape index (κ1) is 16.3. The van der Waals surface area contributed by atoms with Crippen LogP contribution >= 0.6 is 0 Å². The van der Waals surface area contributed by atoms with Crippen LogP contribution in [-0.4, -0.2) is 23.4 Å². The molecule has 2 nitrogen and oxygen atoms in total. The van der Waals surface area contributed by atoms with Crippen LogP contribution in [0.2, 0.25) is 0 Å². The second-order valence-electron chi connectivity index (χ2n) is 6.60. The van der Waals surface area contributed by atoms with Crippen molar-refractivity contribution < 1.29 is 18.0 Å². The van der Waals surface area contributed by atoms with Crippen LogP contribution in [0.15, 0.2) is 24.3 Å². The molecule has 0 aromatic heterocycles. The molecule has 0 bridgehead atoms. The lowest BCUT2D eigenvalue weighted by Gasteiger charge is -2.28. The Morgan fingerprint density at radius 3 is 2.48 bits per heavy atom. The average molecular weight is 325 g/mol. The molecule has 0 saturated heterocycles. The number of rotatable bonds is 4. The van der Waals surface area contributed by atoms with Gasteiger partial charge in [0, 0.05) is 18.5 Å². The van der Waals surface area contributed by atoms with Crippen molar-refractivity contribution in [1.29, 1.82) is 0 Å². The predicted octanol–water partition coefficient (Wildman–Crippen LogP) is 4.60. The van der Waals surface area contributed by atoms with Crippen LogP contribution in [0, 0.1) is 5.92 Å². The van der Waals surface area contributed by atoms with Gasteiger partial charge in [0.25, 0.3) is 0 Å². The Labute approximate surface area is 134 Å². The highest BCUT2D eigenvalue weighted by atomic mass is 19.4. The quantitative estimate of drug-likeness (QED) is 0.792. The maximum atomic E-state index is 13.1. The highest BCUT2D eigenvalue weighted by Gasteiger charge is 2.49. The van der Waals surface area contributed by atoms with E-state index in [2.05, 4.69) is 0 Å². The van der Waals surface area contributed by atoms with Crippen molar-refractivity contribution in [1.82, 2.24) is 4.90 Å². The molecule has 2 atom stereocenters. The molecule has 23 heavy (non-hydrogen) atoms. The van der Waals surface area contributed by atoms with Gasteiger partial charge in [0.15, 0.2) is 0 Å². The van der Waals surface area contributed by atoms with E-state index in [-0.39, 0.29) is 29.3 Å². The van der Waals surface area contributed by atoms with E-state index in [0.717, 1.165) is 31.7 Å². The average Bonchev–Trinajstić information content (AvgIpc) is 3.14. The number of nitrogens with zero attached hydrogens (tertiary/aromatic N) is 1. The summed E-state index contributed by atoms with van der Waals surface area (Å²) in [5.74, 6) is -0.517. The number of hydrogen-bond donors (Lipinski definition) is 0. The van der Waals surface area contributed by atoms with Gasteiger partial charge in [0.2, 0.25) is 5.91 Å². The summed E-state index contributed by atoms with van der Waals surface area (Å²) in [5, 5.41) is 0. The van der Waals surface area contributed by atoms with Crippen molar-refractivity contribution in [3.63, 3.8) is 0 Å². The molecule has 126 valence electrons. The van der Waals surface area contributed by atoms with Gasteiger partial charge < -0.3 is 4.90 Å². The summed E-state index contributed by atoms with van der Waals surface area (Å²) in [6.07, 6.45) is 0.503. The Kier molecular flexibility index (Phi) is 4.39. The van der Waals surface area contributed by atoms with E-state index in [1.165, 1.54) is 12.1 Å². The van der Waals surface area contributed by atoms with Crippen LogP contribution in [0.3, 0.4) is 0 Å². The molecule has 2 fully saturated rings. The van der Waals surface area contributed by atoms with Gasteiger partial charge in [-0.3, -0.25) is 4.79 Å². The Morgan fingerprint density at radius 1 is 1.22 bits per heavy atom. The minimum absolute atomic E-state index is 0.0429. The summed E-state index contributed by atoms with van der Waals surface area (Å²) in [6, 6.07) is 5.95. The van der Waals surface area contributed by atoms with Gasteiger partial charge in [-0.05, 0) is 43.7 Å². The molecule has 0 unspecified atom stereocenters. The SMILES string of the molecule is CCN(C(=O)[C@H]1C[C@@H]1c1ccccc1C(F)(F)F)C1CCCC1. The van der Waals surface area contributed by atoms with Crippen molar-refractivity contribution in [3.05, 3.63) is 35.4 Å². The predicted molar refractivity (Wildman–Crippen MR) is 81.9 cm³/mol. The van der Waals surface area contributed by atoms with Crippen molar-refractivity contribution in [2.45, 2.75) is 57.2 Å². The molecule has 5 heteroatoms. The molecule has 0 spiro atoms. The van der Waals surface area contributed by atoms with Gasteiger partial charge in [-0.1, -0.05) is 31.0 Å². The third-order valence-electron chi connectivity index (χ3n) is 5.16. The monoisotopic (exact) mass is 325 g/mol. The molecule has 0 aliphatic heterocycles. The van der Waals surface area contributed by atoms with Gasteiger partial charge in [-0.15, -0.1) is 0 Å². The van der Waals surface area contributed by atoms with Crippen LogP contribution in [0.5, 0.6) is 0 Å². The lowest BCUT2D eigenvalue weighted by Crippen LogP contribution is -2.39. The fraction of sp³-hybridized carbons (Fsp3) is 0.611. The van der Waals surface area contributed by atoms with E-state index in [1.54, 1.807) is 6.07 Å².